The maximum Gasteiger partial charge on any atom is 0.292 e. The van der Waals surface area contributed by atoms with E-state index in [4.69, 9.17) is 4.42 Å². The van der Waals surface area contributed by atoms with Crippen molar-refractivity contribution < 1.29 is 9.21 Å². The molecule has 0 unspecified atom stereocenters. The van der Waals surface area contributed by atoms with Crippen LogP contribution in [-0.2, 0) is 7.05 Å². The summed E-state index contributed by atoms with van der Waals surface area (Å²) < 4.78 is 6.84. The highest BCUT2D eigenvalue weighted by atomic mass is 16.3. The molecule has 0 aliphatic heterocycles. The summed E-state index contributed by atoms with van der Waals surface area (Å²) in [4.78, 5) is 11.7. The molecule has 0 aromatic carbocycles. The standard InChI is InChI=1S/C11H13N3O2/c1-7-6-10(14(3)13-7)12-11(15)9-5-4-8(2)16-9/h4-6H,1-3H3,(H,12,15). The Balaban J connectivity index is 2.16. The van der Waals surface area contributed by atoms with Gasteiger partial charge in [-0.1, -0.05) is 0 Å². The van der Waals surface area contributed by atoms with Crippen molar-refractivity contribution in [3.63, 3.8) is 0 Å². The summed E-state index contributed by atoms with van der Waals surface area (Å²) in [6, 6.07) is 5.20. The van der Waals surface area contributed by atoms with Gasteiger partial charge in [0.2, 0.25) is 0 Å². The van der Waals surface area contributed by atoms with E-state index in [0.717, 1.165) is 5.69 Å². The lowest BCUT2D eigenvalue weighted by Crippen LogP contribution is -2.13. The molecule has 2 rings (SSSR count). The first-order chi connectivity index (χ1) is 7.56. The van der Waals surface area contributed by atoms with Gasteiger partial charge in [0.15, 0.2) is 5.76 Å². The molecule has 84 valence electrons. The van der Waals surface area contributed by atoms with Gasteiger partial charge < -0.3 is 9.73 Å². The number of carbonyl (C=O) groups is 1. The Morgan fingerprint density at radius 1 is 1.44 bits per heavy atom. The van der Waals surface area contributed by atoms with Gasteiger partial charge in [-0.2, -0.15) is 5.10 Å². The molecule has 0 aliphatic carbocycles. The van der Waals surface area contributed by atoms with E-state index in [9.17, 15) is 4.79 Å². The van der Waals surface area contributed by atoms with E-state index < -0.39 is 0 Å². The van der Waals surface area contributed by atoms with Gasteiger partial charge in [0.05, 0.1) is 5.69 Å². The molecule has 16 heavy (non-hydrogen) atoms. The van der Waals surface area contributed by atoms with E-state index >= 15 is 0 Å². The van der Waals surface area contributed by atoms with Gasteiger partial charge in [0.25, 0.3) is 5.91 Å². The first kappa shape index (κ1) is 10.5. The zero-order chi connectivity index (χ0) is 11.7. The fraction of sp³-hybridized carbons (Fsp3) is 0.273. The molecule has 1 amide bonds. The maximum absolute atomic E-state index is 11.7. The van der Waals surface area contributed by atoms with E-state index in [2.05, 4.69) is 10.4 Å². The average molecular weight is 219 g/mol. The highest BCUT2D eigenvalue weighted by molar-refractivity contribution is 6.01. The molecule has 0 spiro atoms. The molecule has 1 N–H and O–H groups in total. The molecule has 0 saturated heterocycles. The average Bonchev–Trinajstić information content (AvgIpc) is 2.74. The summed E-state index contributed by atoms with van der Waals surface area (Å²) in [7, 11) is 1.77. The maximum atomic E-state index is 11.7. The van der Waals surface area contributed by atoms with E-state index in [-0.39, 0.29) is 5.91 Å². The molecule has 0 aliphatic rings. The zero-order valence-corrected chi connectivity index (χ0v) is 9.44. The number of carbonyl (C=O) groups excluding carboxylic acids is 1. The van der Waals surface area contributed by atoms with Gasteiger partial charge in [-0.25, -0.2) is 0 Å². The normalized spacial score (nSPS) is 10.4. The monoisotopic (exact) mass is 219 g/mol. The van der Waals surface area contributed by atoms with Crippen LogP contribution in [0.4, 0.5) is 5.82 Å². The fourth-order valence-electron chi connectivity index (χ4n) is 1.46. The molecule has 5 heteroatoms. The summed E-state index contributed by atoms with van der Waals surface area (Å²) in [5, 5.41) is 6.86. The van der Waals surface area contributed by atoms with Gasteiger partial charge in [-0.05, 0) is 26.0 Å². The van der Waals surface area contributed by atoms with Crippen LogP contribution in [0, 0.1) is 13.8 Å². The molecule has 0 atom stereocenters. The first-order valence-corrected chi connectivity index (χ1v) is 4.94. The Morgan fingerprint density at radius 2 is 2.19 bits per heavy atom. The largest absolute Gasteiger partial charge is 0.456 e. The van der Waals surface area contributed by atoms with Crippen LogP contribution < -0.4 is 5.32 Å². The predicted molar refractivity (Wildman–Crippen MR) is 59.3 cm³/mol. The quantitative estimate of drug-likeness (QED) is 0.838. The van der Waals surface area contributed by atoms with Crippen LogP contribution in [0.25, 0.3) is 0 Å². The molecule has 0 fully saturated rings. The number of aromatic nitrogens is 2. The predicted octanol–water partition coefficient (Wildman–Crippen LogP) is 1.88. The van der Waals surface area contributed by atoms with E-state index in [0.29, 0.717) is 17.3 Å². The lowest BCUT2D eigenvalue weighted by molar-refractivity contribution is 0.0994. The SMILES string of the molecule is Cc1cc(NC(=O)c2ccc(C)o2)n(C)n1. The molecular formula is C11H13N3O2. The highest BCUT2D eigenvalue weighted by Gasteiger charge is 2.12. The molecule has 2 aromatic heterocycles. The van der Waals surface area contributed by atoms with Crippen molar-refractivity contribution in [2.75, 3.05) is 5.32 Å². The number of aryl methyl sites for hydroxylation is 3. The lowest BCUT2D eigenvalue weighted by Gasteiger charge is -2.02. The van der Waals surface area contributed by atoms with Gasteiger partial charge >= 0.3 is 0 Å². The van der Waals surface area contributed by atoms with Crippen molar-refractivity contribution in [3.8, 4) is 0 Å². The van der Waals surface area contributed by atoms with Gasteiger partial charge in [0.1, 0.15) is 11.6 Å². The molecule has 0 radical (unpaired) electrons. The first-order valence-electron chi connectivity index (χ1n) is 4.94. The van der Waals surface area contributed by atoms with Crippen LogP contribution in [0.3, 0.4) is 0 Å². The number of furan rings is 1. The third-order valence-corrected chi connectivity index (χ3v) is 2.21. The topological polar surface area (TPSA) is 60.1 Å². The van der Waals surface area contributed by atoms with Gasteiger partial charge in [-0.3, -0.25) is 9.48 Å². The highest BCUT2D eigenvalue weighted by Crippen LogP contribution is 2.12. The Bertz CT molecular complexity index is 525. The molecule has 2 heterocycles. The fourth-order valence-corrected chi connectivity index (χ4v) is 1.46. The second-order valence-corrected chi connectivity index (χ2v) is 3.66. The van der Waals surface area contributed by atoms with Crippen LogP contribution in [-0.4, -0.2) is 15.7 Å². The van der Waals surface area contributed by atoms with Crippen LogP contribution in [0.2, 0.25) is 0 Å². The Labute approximate surface area is 93.1 Å². The second kappa shape index (κ2) is 3.84. The van der Waals surface area contributed by atoms with Crippen LogP contribution in [0.1, 0.15) is 22.0 Å². The van der Waals surface area contributed by atoms with E-state index in [1.54, 1.807) is 36.9 Å². The van der Waals surface area contributed by atoms with Crippen LogP contribution in [0.5, 0.6) is 0 Å². The number of nitrogens with one attached hydrogen (secondary N) is 1. The lowest BCUT2D eigenvalue weighted by atomic mass is 10.4. The number of amides is 1. The number of rotatable bonds is 2. The summed E-state index contributed by atoms with van der Waals surface area (Å²) >= 11 is 0. The second-order valence-electron chi connectivity index (χ2n) is 3.66. The van der Waals surface area contributed by atoms with Gasteiger partial charge in [0, 0.05) is 13.1 Å². The minimum Gasteiger partial charge on any atom is -0.456 e. The Morgan fingerprint density at radius 3 is 2.69 bits per heavy atom. The van der Waals surface area contributed by atoms with Crippen LogP contribution in [0.15, 0.2) is 22.6 Å². The van der Waals surface area contributed by atoms with Crippen molar-refractivity contribution in [1.82, 2.24) is 9.78 Å². The van der Waals surface area contributed by atoms with Crippen molar-refractivity contribution in [1.29, 1.82) is 0 Å². The van der Waals surface area contributed by atoms with Crippen molar-refractivity contribution in [2.24, 2.45) is 7.05 Å². The molecular weight excluding hydrogens is 206 g/mol. The number of hydrogen-bond donors (Lipinski definition) is 1. The molecule has 0 saturated carbocycles. The number of nitrogens with zero attached hydrogens (tertiary/aromatic N) is 2. The Kier molecular flexibility index (Phi) is 2.52. The Hall–Kier alpha value is -2.04. The minimum absolute atomic E-state index is 0.267. The third-order valence-electron chi connectivity index (χ3n) is 2.21. The summed E-state index contributed by atoms with van der Waals surface area (Å²) in [5.41, 5.74) is 0.855. The minimum atomic E-state index is -0.267. The van der Waals surface area contributed by atoms with Crippen molar-refractivity contribution >= 4 is 11.7 Å². The van der Waals surface area contributed by atoms with E-state index in [1.165, 1.54) is 0 Å². The molecule has 0 bridgehead atoms. The van der Waals surface area contributed by atoms with Crippen molar-refractivity contribution in [2.45, 2.75) is 13.8 Å². The van der Waals surface area contributed by atoms with Crippen LogP contribution >= 0.6 is 0 Å². The van der Waals surface area contributed by atoms with Crippen molar-refractivity contribution in [3.05, 3.63) is 35.4 Å². The third kappa shape index (κ3) is 1.98. The van der Waals surface area contributed by atoms with E-state index in [1.807, 2.05) is 6.92 Å². The van der Waals surface area contributed by atoms with Gasteiger partial charge in [-0.15, -0.1) is 0 Å². The number of anilines is 1. The summed E-state index contributed by atoms with van der Waals surface area (Å²) in [5.74, 6) is 1.40. The number of hydrogen-bond acceptors (Lipinski definition) is 3. The molecule has 2 aromatic rings. The molecule has 5 nitrogen and oxygen atoms in total. The summed E-state index contributed by atoms with van der Waals surface area (Å²) in [6.45, 7) is 3.66. The summed E-state index contributed by atoms with van der Waals surface area (Å²) in [6.07, 6.45) is 0. The zero-order valence-electron chi connectivity index (χ0n) is 9.44. The smallest absolute Gasteiger partial charge is 0.292 e.